The number of nitriles is 1. The monoisotopic (exact) mass is 394 g/mol. The number of benzene rings is 2. The van der Waals surface area contributed by atoms with Crippen molar-refractivity contribution in [1.29, 1.82) is 5.26 Å². The van der Waals surface area contributed by atoms with Gasteiger partial charge in [0.2, 0.25) is 0 Å². The number of fused-ring (bicyclic) bond motifs is 1. The summed E-state index contributed by atoms with van der Waals surface area (Å²) >= 11 is 0. The van der Waals surface area contributed by atoms with E-state index in [9.17, 15) is 14.4 Å². The second-order valence-corrected chi connectivity index (χ2v) is 6.30. The van der Waals surface area contributed by atoms with Crippen LogP contribution in [-0.2, 0) is 14.3 Å². The van der Waals surface area contributed by atoms with Crippen LogP contribution >= 0.6 is 0 Å². The van der Waals surface area contributed by atoms with E-state index in [-0.39, 0.29) is 5.69 Å². The largest absolute Gasteiger partial charge is 0.479 e. The van der Waals surface area contributed by atoms with Gasteiger partial charge in [0, 0.05) is 5.69 Å². The molecule has 2 aromatic carbocycles. The molecule has 3 N–H and O–H groups in total. The average molecular weight is 394 g/mol. The Kier molecular flexibility index (Phi) is 5.64. The van der Waals surface area contributed by atoms with Gasteiger partial charge in [-0.05, 0) is 56.3 Å². The maximum atomic E-state index is 12.3. The van der Waals surface area contributed by atoms with E-state index < -0.39 is 24.1 Å². The number of nitrogens with zero attached hydrogens (tertiary/aromatic N) is 1. The van der Waals surface area contributed by atoms with Gasteiger partial charge in [-0.1, -0.05) is 0 Å². The minimum atomic E-state index is -1.06. The van der Waals surface area contributed by atoms with Crippen LogP contribution in [0, 0.1) is 11.3 Å². The van der Waals surface area contributed by atoms with Crippen LogP contribution in [0.25, 0.3) is 11.0 Å². The third-order valence-electron chi connectivity index (χ3n) is 4.07. The quantitative estimate of drug-likeness (QED) is 0.547. The molecule has 0 radical (unpaired) electrons. The Labute approximate surface area is 165 Å². The van der Waals surface area contributed by atoms with Crippen LogP contribution in [0.4, 0.5) is 5.69 Å². The molecule has 0 aliphatic heterocycles. The number of nitrogens with one attached hydrogen (secondary N) is 3. The smallest absolute Gasteiger partial charge is 0.347 e. The van der Waals surface area contributed by atoms with E-state index in [1.807, 2.05) is 6.07 Å². The minimum absolute atomic E-state index is 0.345. The first-order valence-electron chi connectivity index (χ1n) is 8.76. The minimum Gasteiger partial charge on any atom is -0.479 e. The first kappa shape index (κ1) is 19.7. The molecule has 0 fully saturated rings. The Morgan fingerprint density at radius 3 is 2.41 bits per heavy atom. The van der Waals surface area contributed by atoms with E-state index >= 15 is 0 Å². The zero-order chi connectivity index (χ0) is 21.0. The van der Waals surface area contributed by atoms with Crippen molar-refractivity contribution in [3.63, 3.8) is 0 Å². The number of H-pyrrole nitrogens is 2. The Morgan fingerprint density at radius 1 is 1.03 bits per heavy atom. The van der Waals surface area contributed by atoms with Crippen molar-refractivity contribution in [2.75, 3.05) is 5.32 Å². The third-order valence-corrected chi connectivity index (χ3v) is 4.07. The van der Waals surface area contributed by atoms with Gasteiger partial charge >= 0.3 is 11.7 Å². The first-order valence-corrected chi connectivity index (χ1v) is 8.76. The Bertz CT molecular complexity index is 1140. The standard InChI is InChI=1S/C20H18N4O5/c1-11(18(25)22-14-5-8-16-17(9-14)24-20(27)23-16)29-19(26)12(2)28-15-6-3-13(10-21)4-7-15/h3-9,11-12H,1-2H3,(H,22,25)(H2,23,24,27)/t11-,12-/m1/s1. The molecular weight excluding hydrogens is 376 g/mol. The molecule has 0 bridgehead atoms. The summed E-state index contributed by atoms with van der Waals surface area (Å²) in [5.74, 6) is -0.831. The van der Waals surface area contributed by atoms with Crippen LogP contribution in [0.3, 0.4) is 0 Å². The predicted octanol–water partition coefficient (Wildman–Crippen LogP) is 2.07. The topological polar surface area (TPSA) is 137 Å². The lowest BCUT2D eigenvalue weighted by atomic mass is 10.2. The van der Waals surface area contributed by atoms with Gasteiger partial charge < -0.3 is 24.8 Å². The van der Waals surface area contributed by atoms with E-state index in [4.69, 9.17) is 14.7 Å². The molecule has 0 saturated carbocycles. The van der Waals surface area contributed by atoms with Crippen molar-refractivity contribution in [3.8, 4) is 11.8 Å². The molecule has 9 heteroatoms. The number of hydrogen-bond donors (Lipinski definition) is 3. The Hall–Kier alpha value is -4.06. The van der Waals surface area contributed by atoms with Gasteiger partial charge in [-0.15, -0.1) is 0 Å². The molecule has 1 heterocycles. The predicted molar refractivity (Wildman–Crippen MR) is 104 cm³/mol. The number of carbonyl (C=O) groups is 2. The first-order chi connectivity index (χ1) is 13.9. The number of aromatic amines is 2. The number of aromatic nitrogens is 2. The van der Waals surface area contributed by atoms with E-state index in [1.165, 1.54) is 13.8 Å². The van der Waals surface area contributed by atoms with Crippen molar-refractivity contribution in [2.45, 2.75) is 26.1 Å². The summed E-state index contributed by atoms with van der Waals surface area (Å²) in [7, 11) is 0. The number of esters is 1. The number of rotatable bonds is 6. The highest BCUT2D eigenvalue weighted by Gasteiger charge is 2.23. The van der Waals surface area contributed by atoms with E-state index in [1.54, 1.807) is 42.5 Å². The van der Waals surface area contributed by atoms with E-state index in [0.29, 0.717) is 28.0 Å². The maximum Gasteiger partial charge on any atom is 0.347 e. The van der Waals surface area contributed by atoms with E-state index in [2.05, 4.69) is 15.3 Å². The zero-order valence-electron chi connectivity index (χ0n) is 15.7. The number of hydrogen-bond acceptors (Lipinski definition) is 6. The van der Waals surface area contributed by atoms with Crippen LogP contribution in [-0.4, -0.2) is 34.1 Å². The number of ether oxygens (including phenoxy) is 2. The van der Waals surface area contributed by atoms with Crippen LogP contribution < -0.4 is 15.7 Å². The molecule has 29 heavy (non-hydrogen) atoms. The van der Waals surface area contributed by atoms with Crippen LogP contribution in [0.5, 0.6) is 5.75 Å². The van der Waals surface area contributed by atoms with Gasteiger partial charge in [-0.3, -0.25) is 4.79 Å². The Balaban J connectivity index is 1.56. The fourth-order valence-corrected chi connectivity index (χ4v) is 2.54. The number of imidazole rings is 1. The highest BCUT2D eigenvalue weighted by atomic mass is 16.6. The van der Waals surface area contributed by atoms with Gasteiger partial charge in [-0.2, -0.15) is 5.26 Å². The molecule has 0 aliphatic carbocycles. The lowest BCUT2D eigenvalue weighted by Crippen LogP contribution is -2.35. The van der Waals surface area contributed by atoms with Crippen LogP contribution in [0.1, 0.15) is 19.4 Å². The Morgan fingerprint density at radius 2 is 1.72 bits per heavy atom. The molecule has 1 aromatic heterocycles. The van der Waals surface area contributed by atoms with E-state index in [0.717, 1.165) is 0 Å². The molecule has 9 nitrogen and oxygen atoms in total. The summed E-state index contributed by atoms with van der Waals surface area (Å²) in [6, 6.07) is 13.1. The van der Waals surface area contributed by atoms with Gasteiger partial charge in [0.1, 0.15) is 5.75 Å². The molecule has 0 saturated heterocycles. The average Bonchev–Trinajstić information content (AvgIpc) is 3.07. The highest BCUT2D eigenvalue weighted by Crippen LogP contribution is 2.16. The molecule has 2 atom stereocenters. The fraction of sp³-hybridized carbons (Fsp3) is 0.200. The van der Waals surface area contributed by atoms with Gasteiger partial charge in [0.25, 0.3) is 5.91 Å². The van der Waals surface area contributed by atoms with Gasteiger partial charge in [-0.25, -0.2) is 9.59 Å². The zero-order valence-corrected chi connectivity index (χ0v) is 15.7. The second kappa shape index (κ2) is 8.31. The summed E-state index contributed by atoms with van der Waals surface area (Å²) < 4.78 is 10.6. The summed E-state index contributed by atoms with van der Waals surface area (Å²) in [4.78, 5) is 41.0. The normalized spacial score (nSPS) is 12.6. The number of anilines is 1. The van der Waals surface area contributed by atoms with Crippen molar-refractivity contribution >= 4 is 28.6 Å². The molecule has 0 aliphatic rings. The van der Waals surface area contributed by atoms with Gasteiger partial charge in [0.15, 0.2) is 12.2 Å². The van der Waals surface area contributed by atoms with Gasteiger partial charge in [0.05, 0.1) is 22.7 Å². The third kappa shape index (κ3) is 4.81. The number of carbonyl (C=O) groups excluding carboxylic acids is 2. The summed E-state index contributed by atoms with van der Waals surface area (Å²) in [6.07, 6.45) is -2.00. The lowest BCUT2D eigenvalue weighted by Gasteiger charge is -2.18. The highest BCUT2D eigenvalue weighted by molar-refractivity contribution is 5.96. The summed E-state index contributed by atoms with van der Waals surface area (Å²) in [5.41, 5.74) is 1.73. The molecule has 148 valence electrons. The fourth-order valence-electron chi connectivity index (χ4n) is 2.54. The van der Waals surface area contributed by atoms with Crippen molar-refractivity contribution < 1.29 is 19.1 Å². The van der Waals surface area contributed by atoms with Crippen LogP contribution in [0.15, 0.2) is 47.3 Å². The summed E-state index contributed by atoms with van der Waals surface area (Å²) in [6.45, 7) is 2.94. The SMILES string of the molecule is C[C@@H](OC(=O)[C@@H](C)Oc1ccc(C#N)cc1)C(=O)Nc1ccc2[nH]c(=O)[nH]c2c1. The maximum absolute atomic E-state index is 12.3. The molecular formula is C20H18N4O5. The molecule has 0 unspecified atom stereocenters. The van der Waals surface area contributed by atoms with Crippen molar-refractivity contribution in [3.05, 3.63) is 58.5 Å². The second-order valence-electron chi connectivity index (χ2n) is 6.30. The molecule has 3 rings (SSSR count). The van der Waals surface area contributed by atoms with Crippen LogP contribution in [0.2, 0.25) is 0 Å². The molecule has 0 spiro atoms. The lowest BCUT2D eigenvalue weighted by molar-refractivity contribution is -0.159. The van der Waals surface area contributed by atoms with Crippen molar-refractivity contribution in [2.24, 2.45) is 0 Å². The summed E-state index contributed by atoms with van der Waals surface area (Å²) in [5, 5.41) is 11.4. The number of amides is 1. The molecule has 1 amide bonds. The molecule has 3 aromatic rings. The van der Waals surface area contributed by atoms with Crippen molar-refractivity contribution in [1.82, 2.24) is 9.97 Å².